The molecule has 0 unspecified atom stereocenters. The molecule has 0 bridgehead atoms. The summed E-state index contributed by atoms with van der Waals surface area (Å²) in [5, 5.41) is 3.04. The molecular weight excluding hydrogens is 284 g/mol. The number of aryl methyl sites for hydroxylation is 1. The molecule has 4 heteroatoms. The fourth-order valence-corrected chi connectivity index (χ4v) is 2.93. The number of thiazole rings is 1. The highest BCUT2D eigenvalue weighted by atomic mass is 79.9. The number of benzene rings is 1. The standard InChI is InChI=1S/C12H13BrN2S/c1-3-15(12-14-11(13)8-16-12)10-6-4-5-9(2)7-10/h4-8H,3H2,1-2H3. The molecule has 2 aromatic rings. The fourth-order valence-electron chi connectivity index (χ4n) is 1.59. The van der Waals surface area contributed by atoms with Crippen LogP contribution in [0.5, 0.6) is 0 Å². The predicted octanol–water partition coefficient (Wildman–Crippen LogP) is 4.37. The van der Waals surface area contributed by atoms with Gasteiger partial charge in [0.25, 0.3) is 0 Å². The van der Waals surface area contributed by atoms with Crippen LogP contribution in [0.1, 0.15) is 12.5 Å². The fraction of sp³-hybridized carbons (Fsp3) is 0.250. The van der Waals surface area contributed by atoms with E-state index in [0.29, 0.717) is 0 Å². The van der Waals surface area contributed by atoms with E-state index in [4.69, 9.17) is 0 Å². The first-order valence-corrected chi connectivity index (χ1v) is 6.83. The molecule has 0 N–H and O–H groups in total. The SMILES string of the molecule is CCN(c1cccc(C)c1)c1nc(Br)cs1. The van der Waals surface area contributed by atoms with Gasteiger partial charge in [0.1, 0.15) is 4.60 Å². The molecule has 0 aliphatic carbocycles. The van der Waals surface area contributed by atoms with Crippen molar-refractivity contribution in [3.05, 3.63) is 39.8 Å². The molecule has 0 atom stereocenters. The summed E-state index contributed by atoms with van der Waals surface area (Å²) in [5.41, 5.74) is 2.47. The first-order chi connectivity index (χ1) is 7.70. The van der Waals surface area contributed by atoms with Crippen molar-refractivity contribution < 1.29 is 0 Å². The molecule has 84 valence electrons. The second-order valence-electron chi connectivity index (χ2n) is 3.54. The van der Waals surface area contributed by atoms with E-state index < -0.39 is 0 Å². The molecule has 0 aliphatic heterocycles. The van der Waals surface area contributed by atoms with E-state index in [1.165, 1.54) is 11.3 Å². The lowest BCUT2D eigenvalue weighted by atomic mass is 10.2. The van der Waals surface area contributed by atoms with E-state index in [1.807, 2.05) is 5.38 Å². The van der Waals surface area contributed by atoms with Gasteiger partial charge in [-0.15, -0.1) is 11.3 Å². The maximum absolute atomic E-state index is 4.45. The Morgan fingerprint density at radius 3 is 2.81 bits per heavy atom. The monoisotopic (exact) mass is 296 g/mol. The quantitative estimate of drug-likeness (QED) is 0.836. The molecule has 1 aromatic carbocycles. The number of aromatic nitrogens is 1. The van der Waals surface area contributed by atoms with Crippen molar-refractivity contribution in [3.63, 3.8) is 0 Å². The van der Waals surface area contributed by atoms with Gasteiger partial charge in [0.05, 0.1) is 0 Å². The van der Waals surface area contributed by atoms with Gasteiger partial charge in [-0.1, -0.05) is 12.1 Å². The van der Waals surface area contributed by atoms with Gasteiger partial charge in [-0.3, -0.25) is 0 Å². The summed E-state index contributed by atoms with van der Waals surface area (Å²) in [4.78, 5) is 6.66. The Balaban J connectivity index is 2.36. The summed E-state index contributed by atoms with van der Waals surface area (Å²) >= 11 is 5.04. The topological polar surface area (TPSA) is 16.1 Å². The maximum atomic E-state index is 4.45. The minimum atomic E-state index is 0.901. The summed E-state index contributed by atoms with van der Waals surface area (Å²) in [5.74, 6) is 0. The summed E-state index contributed by atoms with van der Waals surface area (Å²) in [6.07, 6.45) is 0. The van der Waals surface area contributed by atoms with Gasteiger partial charge in [0.2, 0.25) is 0 Å². The zero-order valence-electron chi connectivity index (χ0n) is 9.27. The second-order valence-corrected chi connectivity index (χ2v) is 5.19. The molecule has 1 aromatic heterocycles. The molecular formula is C12H13BrN2S. The zero-order valence-corrected chi connectivity index (χ0v) is 11.7. The van der Waals surface area contributed by atoms with Crippen molar-refractivity contribution >= 4 is 38.1 Å². The molecule has 0 saturated carbocycles. The summed E-state index contributed by atoms with van der Waals surface area (Å²) < 4.78 is 0.901. The van der Waals surface area contributed by atoms with Gasteiger partial charge in [0.15, 0.2) is 5.13 Å². The van der Waals surface area contributed by atoms with Gasteiger partial charge >= 0.3 is 0 Å². The van der Waals surface area contributed by atoms with Gasteiger partial charge in [0, 0.05) is 17.6 Å². The number of hydrogen-bond acceptors (Lipinski definition) is 3. The Kier molecular flexibility index (Phi) is 3.61. The van der Waals surface area contributed by atoms with E-state index in [0.717, 1.165) is 16.3 Å². The van der Waals surface area contributed by atoms with E-state index in [1.54, 1.807) is 11.3 Å². The van der Waals surface area contributed by atoms with Crippen LogP contribution in [-0.2, 0) is 0 Å². The van der Waals surface area contributed by atoms with Crippen LogP contribution in [0.3, 0.4) is 0 Å². The molecule has 0 aliphatic rings. The number of hydrogen-bond donors (Lipinski definition) is 0. The van der Waals surface area contributed by atoms with E-state index in [2.05, 4.69) is 63.9 Å². The first kappa shape index (κ1) is 11.6. The molecule has 16 heavy (non-hydrogen) atoms. The lowest BCUT2D eigenvalue weighted by Gasteiger charge is -2.20. The van der Waals surface area contributed by atoms with Gasteiger partial charge in [-0.2, -0.15) is 0 Å². The molecule has 0 amide bonds. The van der Waals surface area contributed by atoms with Gasteiger partial charge < -0.3 is 4.90 Å². The van der Waals surface area contributed by atoms with Gasteiger partial charge in [-0.05, 0) is 47.5 Å². The largest absolute Gasteiger partial charge is 0.318 e. The summed E-state index contributed by atoms with van der Waals surface area (Å²) in [6.45, 7) is 5.16. The molecule has 1 heterocycles. The van der Waals surface area contributed by atoms with E-state index in [9.17, 15) is 0 Å². The van der Waals surface area contributed by atoms with Crippen LogP contribution in [0.15, 0.2) is 34.2 Å². The van der Waals surface area contributed by atoms with Crippen molar-refractivity contribution in [2.45, 2.75) is 13.8 Å². The summed E-state index contributed by atoms with van der Waals surface area (Å²) in [6, 6.07) is 8.48. The smallest absolute Gasteiger partial charge is 0.190 e. The number of rotatable bonds is 3. The third-order valence-electron chi connectivity index (χ3n) is 2.32. The Labute approximate surface area is 108 Å². The lowest BCUT2D eigenvalue weighted by molar-refractivity contribution is 1.01. The van der Waals surface area contributed by atoms with Crippen molar-refractivity contribution in [2.24, 2.45) is 0 Å². The third kappa shape index (κ3) is 2.44. The Morgan fingerprint density at radius 1 is 1.44 bits per heavy atom. The molecule has 0 saturated heterocycles. The molecule has 0 radical (unpaired) electrons. The number of halogens is 1. The van der Waals surface area contributed by atoms with Crippen molar-refractivity contribution in [1.29, 1.82) is 0 Å². The number of anilines is 2. The Hall–Kier alpha value is -0.870. The average molecular weight is 297 g/mol. The highest BCUT2D eigenvalue weighted by Gasteiger charge is 2.10. The summed E-state index contributed by atoms with van der Waals surface area (Å²) in [7, 11) is 0. The van der Waals surface area contributed by atoms with Crippen molar-refractivity contribution in [3.8, 4) is 0 Å². The highest BCUT2D eigenvalue weighted by Crippen LogP contribution is 2.30. The van der Waals surface area contributed by atoms with E-state index in [-0.39, 0.29) is 0 Å². The molecule has 2 nitrogen and oxygen atoms in total. The molecule has 0 fully saturated rings. The van der Waals surface area contributed by atoms with Crippen LogP contribution in [0.2, 0.25) is 0 Å². The molecule has 0 spiro atoms. The minimum Gasteiger partial charge on any atom is -0.318 e. The van der Waals surface area contributed by atoms with E-state index >= 15 is 0 Å². The van der Waals surface area contributed by atoms with Crippen LogP contribution < -0.4 is 4.90 Å². The lowest BCUT2D eigenvalue weighted by Crippen LogP contribution is -2.15. The normalized spacial score (nSPS) is 10.4. The van der Waals surface area contributed by atoms with Gasteiger partial charge in [-0.25, -0.2) is 4.98 Å². The van der Waals surface area contributed by atoms with Crippen LogP contribution in [0, 0.1) is 6.92 Å². The highest BCUT2D eigenvalue weighted by molar-refractivity contribution is 9.10. The maximum Gasteiger partial charge on any atom is 0.190 e. The predicted molar refractivity (Wildman–Crippen MR) is 73.7 cm³/mol. The first-order valence-electron chi connectivity index (χ1n) is 5.16. The zero-order chi connectivity index (χ0) is 11.5. The molecule has 2 rings (SSSR count). The Bertz CT molecular complexity index is 481. The Morgan fingerprint density at radius 2 is 2.25 bits per heavy atom. The van der Waals surface area contributed by atoms with Crippen LogP contribution in [0.4, 0.5) is 10.8 Å². The average Bonchev–Trinajstić information content (AvgIpc) is 2.66. The van der Waals surface area contributed by atoms with Crippen LogP contribution >= 0.6 is 27.3 Å². The third-order valence-corrected chi connectivity index (χ3v) is 3.90. The van der Waals surface area contributed by atoms with Crippen molar-refractivity contribution in [2.75, 3.05) is 11.4 Å². The van der Waals surface area contributed by atoms with Crippen LogP contribution in [-0.4, -0.2) is 11.5 Å². The second kappa shape index (κ2) is 4.97. The van der Waals surface area contributed by atoms with Crippen molar-refractivity contribution in [1.82, 2.24) is 4.98 Å². The number of nitrogens with zero attached hydrogens (tertiary/aromatic N) is 2. The minimum absolute atomic E-state index is 0.901. The van der Waals surface area contributed by atoms with Crippen LogP contribution in [0.25, 0.3) is 0 Å².